The number of rotatable bonds is 5. The maximum absolute atomic E-state index is 12.1. The number of carbonyl (C=O) groups excluding carboxylic acids is 2. The number of halogens is 1. The summed E-state index contributed by atoms with van der Waals surface area (Å²) in [5.74, 6) is -0.950. The van der Waals surface area contributed by atoms with Crippen molar-refractivity contribution in [3.8, 4) is 0 Å². The molecule has 8 heteroatoms. The first-order valence-electron chi connectivity index (χ1n) is 5.68. The van der Waals surface area contributed by atoms with E-state index < -0.39 is 24.7 Å². The maximum atomic E-state index is 12.1. The Morgan fingerprint density at radius 3 is 2.45 bits per heavy atom. The molecule has 0 aliphatic rings. The molecule has 20 heavy (non-hydrogen) atoms. The van der Waals surface area contributed by atoms with Crippen LogP contribution in [0.4, 0.5) is 9.18 Å². The third-order valence-electron chi connectivity index (χ3n) is 2.39. The summed E-state index contributed by atoms with van der Waals surface area (Å²) in [5.41, 5.74) is 11.1. The van der Waals surface area contributed by atoms with E-state index >= 15 is 0 Å². The number of benzene rings is 1. The van der Waals surface area contributed by atoms with Gasteiger partial charge >= 0.3 is 6.09 Å². The molecule has 0 spiro atoms. The van der Waals surface area contributed by atoms with Gasteiger partial charge in [-0.1, -0.05) is 12.1 Å². The second-order valence-corrected chi connectivity index (χ2v) is 3.93. The monoisotopic (exact) mass is 282 g/mol. The zero-order chi connectivity index (χ0) is 15.1. The molecule has 2 amide bonds. The highest BCUT2D eigenvalue weighted by Gasteiger charge is 2.12. The molecule has 0 radical (unpaired) electrons. The first kappa shape index (κ1) is 15.6. The fourth-order valence-corrected chi connectivity index (χ4v) is 1.32. The minimum Gasteiger partial charge on any atom is -0.391 e. The lowest BCUT2D eigenvalue weighted by Gasteiger charge is -2.09. The Labute approximate surface area is 114 Å². The van der Waals surface area contributed by atoms with Gasteiger partial charge in [-0.05, 0) is 17.7 Å². The predicted molar refractivity (Wildman–Crippen MR) is 69.7 cm³/mol. The minimum atomic E-state index is -1.17. The number of nitrogens with one attached hydrogen (secondary N) is 2. The van der Waals surface area contributed by atoms with E-state index in [0.29, 0.717) is 5.56 Å². The highest BCUT2D eigenvalue weighted by atomic mass is 19.1. The third kappa shape index (κ3) is 4.65. The van der Waals surface area contributed by atoms with Gasteiger partial charge < -0.3 is 21.5 Å². The van der Waals surface area contributed by atoms with Gasteiger partial charge in [0, 0.05) is 12.1 Å². The van der Waals surface area contributed by atoms with Crippen LogP contribution < -0.4 is 16.8 Å². The summed E-state index contributed by atoms with van der Waals surface area (Å²) < 4.78 is 16.6. The Morgan fingerprint density at radius 1 is 1.35 bits per heavy atom. The SMILES string of the molecule is N=C(OC(N)=O)c1ccc(CNC(=O)C(N)CF)cc1. The van der Waals surface area contributed by atoms with Crippen molar-refractivity contribution in [2.75, 3.05) is 6.67 Å². The molecule has 1 unspecified atom stereocenters. The number of primary amides is 1. The van der Waals surface area contributed by atoms with Crippen LogP contribution in [0.2, 0.25) is 0 Å². The smallest absolute Gasteiger partial charge is 0.391 e. The van der Waals surface area contributed by atoms with Crippen molar-refractivity contribution in [1.29, 1.82) is 5.41 Å². The topological polar surface area (TPSA) is 131 Å². The molecule has 108 valence electrons. The van der Waals surface area contributed by atoms with Crippen LogP contribution in [0.15, 0.2) is 24.3 Å². The maximum Gasteiger partial charge on any atom is 0.411 e. The van der Waals surface area contributed by atoms with E-state index in [0.717, 1.165) is 5.56 Å². The standard InChI is InChI=1S/C12H15FN4O3/c13-5-9(14)11(18)17-6-7-1-3-8(4-2-7)10(15)20-12(16)19/h1-4,9,15H,5-6,14H2,(H2,16,19)(H,17,18). The molecule has 1 aromatic carbocycles. The molecule has 0 bridgehead atoms. The fourth-order valence-electron chi connectivity index (χ4n) is 1.32. The number of nitrogens with two attached hydrogens (primary N) is 2. The van der Waals surface area contributed by atoms with Crippen molar-refractivity contribution < 1.29 is 18.7 Å². The van der Waals surface area contributed by atoms with Gasteiger partial charge in [0.25, 0.3) is 0 Å². The Bertz CT molecular complexity index is 504. The van der Waals surface area contributed by atoms with Crippen LogP contribution >= 0.6 is 0 Å². The van der Waals surface area contributed by atoms with E-state index in [1.54, 1.807) is 12.1 Å². The minimum absolute atomic E-state index is 0.177. The molecule has 1 rings (SSSR count). The number of alkyl halides is 1. The molecule has 0 aliphatic carbocycles. The van der Waals surface area contributed by atoms with E-state index in [9.17, 15) is 14.0 Å². The third-order valence-corrected chi connectivity index (χ3v) is 2.39. The molecule has 0 aliphatic heterocycles. The Kier molecular flexibility index (Phi) is 5.60. The Hall–Kier alpha value is -2.48. The van der Waals surface area contributed by atoms with Gasteiger partial charge in [-0.2, -0.15) is 0 Å². The first-order chi connectivity index (χ1) is 9.43. The average molecular weight is 282 g/mol. The van der Waals surface area contributed by atoms with E-state index in [4.69, 9.17) is 16.9 Å². The molecule has 0 fully saturated rings. The molecule has 1 atom stereocenters. The summed E-state index contributed by atoms with van der Waals surface area (Å²) in [6.45, 7) is -0.747. The van der Waals surface area contributed by atoms with Crippen molar-refractivity contribution in [2.45, 2.75) is 12.6 Å². The summed E-state index contributed by atoms with van der Waals surface area (Å²) in [6, 6.07) is 5.13. The van der Waals surface area contributed by atoms with Crippen molar-refractivity contribution in [2.24, 2.45) is 11.5 Å². The average Bonchev–Trinajstić information content (AvgIpc) is 2.43. The van der Waals surface area contributed by atoms with Gasteiger partial charge in [0.15, 0.2) is 0 Å². The van der Waals surface area contributed by atoms with Crippen molar-refractivity contribution in [3.05, 3.63) is 35.4 Å². The second kappa shape index (κ2) is 7.19. The second-order valence-electron chi connectivity index (χ2n) is 3.93. The summed E-state index contributed by atoms with van der Waals surface area (Å²) in [4.78, 5) is 21.8. The lowest BCUT2D eigenvalue weighted by Crippen LogP contribution is -2.41. The zero-order valence-electron chi connectivity index (χ0n) is 10.6. The molecule has 0 saturated heterocycles. The summed E-state index contributed by atoms with van der Waals surface area (Å²) in [5, 5.41) is 9.90. The van der Waals surface area contributed by atoms with Crippen LogP contribution in [0.1, 0.15) is 11.1 Å². The summed E-state index contributed by atoms with van der Waals surface area (Å²) in [6.07, 6.45) is -1.06. The lowest BCUT2D eigenvalue weighted by molar-refractivity contribution is -0.122. The molecule has 0 heterocycles. The quantitative estimate of drug-likeness (QED) is 0.447. The molecule has 0 aromatic heterocycles. The van der Waals surface area contributed by atoms with Gasteiger partial charge in [0.2, 0.25) is 11.8 Å². The van der Waals surface area contributed by atoms with E-state index in [1.807, 2.05) is 0 Å². The van der Waals surface area contributed by atoms with Gasteiger partial charge in [-0.3, -0.25) is 10.2 Å². The van der Waals surface area contributed by atoms with Crippen LogP contribution in [-0.4, -0.2) is 30.6 Å². The van der Waals surface area contributed by atoms with Crippen molar-refractivity contribution in [3.63, 3.8) is 0 Å². The number of carbonyl (C=O) groups is 2. The van der Waals surface area contributed by atoms with Gasteiger partial charge in [-0.15, -0.1) is 0 Å². The molecular formula is C12H15FN4O3. The van der Waals surface area contributed by atoms with E-state index in [-0.39, 0.29) is 12.4 Å². The first-order valence-corrected chi connectivity index (χ1v) is 5.68. The largest absolute Gasteiger partial charge is 0.411 e. The van der Waals surface area contributed by atoms with Gasteiger partial charge in [0.05, 0.1) is 0 Å². The summed E-state index contributed by atoms with van der Waals surface area (Å²) >= 11 is 0. The highest BCUT2D eigenvalue weighted by Crippen LogP contribution is 2.06. The van der Waals surface area contributed by atoms with E-state index in [1.165, 1.54) is 12.1 Å². The molecule has 7 nitrogen and oxygen atoms in total. The molecule has 0 saturated carbocycles. The number of hydrogen-bond donors (Lipinski definition) is 4. The lowest BCUT2D eigenvalue weighted by atomic mass is 10.1. The van der Waals surface area contributed by atoms with E-state index in [2.05, 4.69) is 10.1 Å². The highest BCUT2D eigenvalue weighted by molar-refractivity contribution is 5.97. The predicted octanol–water partition coefficient (Wildman–Crippen LogP) is 0.0203. The number of ether oxygens (including phenoxy) is 1. The van der Waals surface area contributed by atoms with Crippen LogP contribution in [0.25, 0.3) is 0 Å². The van der Waals surface area contributed by atoms with Crippen LogP contribution in [0.5, 0.6) is 0 Å². The summed E-state index contributed by atoms with van der Waals surface area (Å²) in [7, 11) is 0. The number of amides is 2. The van der Waals surface area contributed by atoms with Crippen LogP contribution in [0.3, 0.4) is 0 Å². The van der Waals surface area contributed by atoms with Crippen LogP contribution in [-0.2, 0) is 16.1 Å². The van der Waals surface area contributed by atoms with Crippen molar-refractivity contribution >= 4 is 17.9 Å². The van der Waals surface area contributed by atoms with Gasteiger partial charge in [-0.25, -0.2) is 9.18 Å². The molecule has 6 N–H and O–H groups in total. The number of hydrogen-bond acceptors (Lipinski definition) is 5. The van der Waals surface area contributed by atoms with Crippen LogP contribution in [0, 0.1) is 5.41 Å². The Balaban J connectivity index is 2.57. The molecular weight excluding hydrogens is 267 g/mol. The fraction of sp³-hybridized carbons (Fsp3) is 0.250. The molecule has 1 aromatic rings. The zero-order valence-corrected chi connectivity index (χ0v) is 10.6. The van der Waals surface area contributed by atoms with Crippen molar-refractivity contribution in [1.82, 2.24) is 5.32 Å². The Morgan fingerprint density at radius 2 is 1.95 bits per heavy atom. The van der Waals surface area contributed by atoms with Gasteiger partial charge in [0.1, 0.15) is 12.7 Å². The normalized spacial score (nSPS) is 11.5.